The van der Waals surface area contributed by atoms with Gasteiger partial charge >= 0.3 is 0 Å². The summed E-state index contributed by atoms with van der Waals surface area (Å²) in [6.45, 7) is 7.84. The predicted molar refractivity (Wildman–Crippen MR) is 129 cm³/mol. The lowest BCUT2D eigenvalue weighted by Crippen LogP contribution is -2.41. The summed E-state index contributed by atoms with van der Waals surface area (Å²) >= 11 is 0. The first kappa shape index (κ1) is 25.2. The Balaban J connectivity index is 0.00000420. The van der Waals surface area contributed by atoms with Gasteiger partial charge in [-0.1, -0.05) is 24.3 Å². The topological polar surface area (TPSA) is 79.8 Å². The number of aliphatic imine (C=N–C) groups is 1. The Kier molecular flexibility index (Phi) is 10.5. The number of hydrogen-bond acceptors (Lipinski definition) is 4. The van der Waals surface area contributed by atoms with Crippen molar-refractivity contribution in [2.75, 3.05) is 19.3 Å². The second-order valence-electron chi connectivity index (χ2n) is 6.74. The molecular formula is C21H30IN3O3S. The van der Waals surface area contributed by atoms with Crippen molar-refractivity contribution < 1.29 is 13.2 Å². The highest BCUT2D eigenvalue weighted by Gasteiger charge is 2.07. The largest absolute Gasteiger partial charge is 0.489 e. The Morgan fingerprint density at radius 2 is 1.83 bits per heavy atom. The highest BCUT2D eigenvalue weighted by Crippen LogP contribution is 2.14. The van der Waals surface area contributed by atoms with Gasteiger partial charge in [0.1, 0.15) is 11.9 Å². The van der Waals surface area contributed by atoms with Crippen LogP contribution in [0.25, 0.3) is 0 Å². The Labute approximate surface area is 191 Å². The van der Waals surface area contributed by atoms with Gasteiger partial charge in [0.15, 0.2) is 15.8 Å². The van der Waals surface area contributed by atoms with Crippen LogP contribution < -0.4 is 15.4 Å². The monoisotopic (exact) mass is 531 g/mol. The smallest absolute Gasteiger partial charge is 0.191 e. The van der Waals surface area contributed by atoms with Crippen LogP contribution in [-0.2, 0) is 16.4 Å². The maximum Gasteiger partial charge on any atom is 0.191 e. The van der Waals surface area contributed by atoms with Crippen molar-refractivity contribution in [2.24, 2.45) is 4.99 Å². The maximum absolute atomic E-state index is 11.5. The van der Waals surface area contributed by atoms with Crippen molar-refractivity contribution in [1.29, 1.82) is 0 Å². The fraction of sp³-hybridized carbons (Fsp3) is 0.381. The highest BCUT2D eigenvalue weighted by molar-refractivity contribution is 14.0. The van der Waals surface area contributed by atoms with Crippen molar-refractivity contribution >= 4 is 39.8 Å². The number of nitrogens with zero attached hydrogens (tertiary/aromatic N) is 1. The molecule has 0 aliphatic heterocycles. The van der Waals surface area contributed by atoms with Gasteiger partial charge in [-0.2, -0.15) is 0 Å². The molecule has 0 aromatic heterocycles. The number of aryl methyl sites for hydroxylation is 1. The number of hydrogen-bond donors (Lipinski definition) is 2. The van der Waals surface area contributed by atoms with Crippen LogP contribution in [0.15, 0.2) is 58.4 Å². The molecule has 0 saturated heterocycles. The molecule has 0 bridgehead atoms. The van der Waals surface area contributed by atoms with E-state index in [9.17, 15) is 8.42 Å². The minimum Gasteiger partial charge on any atom is -0.489 e. The zero-order chi connectivity index (χ0) is 20.6. The first-order valence-electron chi connectivity index (χ1n) is 9.32. The normalized spacial score (nSPS) is 12.6. The van der Waals surface area contributed by atoms with E-state index < -0.39 is 9.84 Å². The van der Waals surface area contributed by atoms with Crippen LogP contribution in [0.4, 0.5) is 0 Å². The van der Waals surface area contributed by atoms with E-state index in [-0.39, 0.29) is 30.1 Å². The second-order valence-corrected chi connectivity index (χ2v) is 8.75. The minimum atomic E-state index is -3.18. The third kappa shape index (κ3) is 9.03. The number of rotatable bonds is 8. The lowest BCUT2D eigenvalue weighted by molar-refractivity contribution is 0.223. The lowest BCUT2D eigenvalue weighted by atomic mass is 10.2. The number of guanidine groups is 1. The molecule has 2 N–H and O–H groups in total. The molecule has 0 saturated carbocycles. The first-order chi connectivity index (χ1) is 13.3. The maximum atomic E-state index is 11.5. The zero-order valence-corrected chi connectivity index (χ0v) is 20.5. The summed E-state index contributed by atoms with van der Waals surface area (Å²) in [5.41, 5.74) is 2.10. The van der Waals surface area contributed by atoms with Crippen LogP contribution in [0.5, 0.6) is 5.75 Å². The van der Waals surface area contributed by atoms with E-state index in [0.29, 0.717) is 23.9 Å². The molecule has 0 fully saturated rings. The van der Waals surface area contributed by atoms with E-state index in [1.165, 1.54) is 6.26 Å². The molecule has 2 aromatic carbocycles. The van der Waals surface area contributed by atoms with Gasteiger partial charge in [-0.3, -0.25) is 0 Å². The Morgan fingerprint density at radius 1 is 1.14 bits per heavy atom. The van der Waals surface area contributed by atoms with Crippen molar-refractivity contribution in [3.63, 3.8) is 0 Å². The molecule has 160 valence electrons. The molecule has 0 heterocycles. The van der Waals surface area contributed by atoms with Crippen molar-refractivity contribution in [1.82, 2.24) is 10.6 Å². The summed E-state index contributed by atoms with van der Waals surface area (Å²) in [4.78, 5) is 4.87. The lowest BCUT2D eigenvalue weighted by Gasteiger charge is -2.18. The van der Waals surface area contributed by atoms with Crippen LogP contribution in [0.3, 0.4) is 0 Å². The molecule has 6 nitrogen and oxygen atoms in total. The summed E-state index contributed by atoms with van der Waals surface area (Å²) in [6.07, 6.45) is 1.17. The fourth-order valence-electron chi connectivity index (χ4n) is 2.56. The van der Waals surface area contributed by atoms with Gasteiger partial charge in [0.25, 0.3) is 0 Å². The molecule has 0 radical (unpaired) electrons. The first-order valence-corrected chi connectivity index (χ1v) is 11.2. The molecule has 0 aliphatic rings. The van der Waals surface area contributed by atoms with Gasteiger partial charge in [-0.25, -0.2) is 13.4 Å². The van der Waals surface area contributed by atoms with E-state index in [0.717, 1.165) is 23.4 Å². The third-order valence-corrected chi connectivity index (χ3v) is 5.13. The van der Waals surface area contributed by atoms with Crippen molar-refractivity contribution in [3.8, 4) is 5.75 Å². The molecule has 1 unspecified atom stereocenters. The van der Waals surface area contributed by atoms with Crippen LogP contribution in [0, 0.1) is 6.92 Å². The molecule has 2 aromatic rings. The predicted octanol–water partition coefficient (Wildman–Crippen LogP) is 3.54. The van der Waals surface area contributed by atoms with Gasteiger partial charge in [-0.05, 0) is 56.2 Å². The Morgan fingerprint density at radius 3 is 2.41 bits per heavy atom. The molecular weight excluding hydrogens is 501 g/mol. The molecule has 29 heavy (non-hydrogen) atoms. The number of nitrogens with one attached hydrogen (secondary N) is 2. The number of halogens is 1. The quantitative estimate of drug-likeness (QED) is 0.310. The van der Waals surface area contributed by atoms with Gasteiger partial charge in [0, 0.05) is 12.8 Å². The van der Waals surface area contributed by atoms with Crippen LogP contribution in [-0.4, -0.2) is 39.8 Å². The average molecular weight is 531 g/mol. The highest BCUT2D eigenvalue weighted by atomic mass is 127. The van der Waals surface area contributed by atoms with Crippen molar-refractivity contribution in [3.05, 3.63) is 59.7 Å². The SMILES string of the molecule is CCNC(=NCc1ccc(S(C)(=O)=O)cc1)NCC(C)Oc1cccc(C)c1.I. The number of ether oxygens (including phenoxy) is 1. The van der Waals surface area contributed by atoms with E-state index in [4.69, 9.17) is 4.74 Å². The third-order valence-electron chi connectivity index (χ3n) is 4.00. The molecule has 0 spiro atoms. The van der Waals surface area contributed by atoms with Gasteiger partial charge in [-0.15, -0.1) is 24.0 Å². The van der Waals surface area contributed by atoms with E-state index in [2.05, 4.69) is 15.6 Å². The summed E-state index contributed by atoms with van der Waals surface area (Å²) in [5.74, 6) is 1.54. The van der Waals surface area contributed by atoms with Crippen LogP contribution in [0.1, 0.15) is 25.0 Å². The summed E-state index contributed by atoms with van der Waals surface area (Å²) in [6, 6.07) is 14.8. The number of sulfone groups is 1. The van der Waals surface area contributed by atoms with Gasteiger partial charge < -0.3 is 15.4 Å². The Hall–Kier alpha value is -1.81. The van der Waals surface area contributed by atoms with Gasteiger partial charge in [0.2, 0.25) is 0 Å². The number of benzene rings is 2. The Bertz CT molecular complexity index is 900. The molecule has 8 heteroatoms. The van der Waals surface area contributed by atoms with Crippen LogP contribution >= 0.6 is 24.0 Å². The standard InChI is InChI=1S/C21H29N3O3S.HI/c1-5-22-21(23-14-17(3)27-19-8-6-7-16(2)13-19)24-15-18-9-11-20(12-10-18)28(4,25)26;/h6-13,17H,5,14-15H2,1-4H3,(H2,22,23,24);1H. The fourth-order valence-corrected chi connectivity index (χ4v) is 3.19. The molecule has 0 aliphatic carbocycles. The van der Waals surface area contributed by atoms with Crippen molar-refractivity contribution in [2.45, 2.75) is 38.3 Å². The minimum absolute atomic E-state index is 0. The second kappa shape index (κ2) is 12.0. The summed E-state index contributed by atoms with van der Waals surface area (Å²) in [5, 5.41) is 6.48. The molecule has 2 rings (SSSR count). The van der Waals surface area contributed by atoms with E-state index in [1.807, 2.05) is 45.0 Å². The van der Waals surface area contributed by atoms with E-state index >= 15 is 0 Å². The van der Waals surface area contributed by atoms with Crippen LogP contribution in [0.2, 0.25) is 0 Å². The van der Waals surface area contributed by atoms with Gasteiger partial charge in [0.05, 0.1) is 18.0 Å². The molecule has 1 atom stereocenters. The average Bonchev–Trinajstić information content (AvgIpc) is 2.63. The summed E-state index contributed by atoms with van der Waals surface area (Å²) < 4.78 is 29.0. The molecule has 0 amide bonds. The summed E-state index contributed by atoms with van der Waals surface area (Å²) in [7, 11) is -3.18. The zero-order valence-electron chi connectivity index (χ0n) is 17.3. The van der Waals surface area contributed by atoms with E-state index in [1.54, 1.807) is 24.3 Å².